The lowest BCUT2D eigenvalue weighted by atomic mass is 9.93. The maximum atomic E-state index is 10.2. The topological polar surface area (TPSA) is 38.7 Å². The van der Waals surface area contributed by atoms with Crippen LogP contribution in [0.4, 0.5) is 0 Å². The van der Waals surface area contributed by atoms with Crippen molar-refractivity contribution in [2.75, 3.05) is 13.7 Å². The Balaban J connectivity index is 2.04. The van der Waals surface area contributed by atoms with Gasteiger partial charge in [-0.25, -0.2) is 0 Å². The van der Waals surface area contributed by atoms with Gasteiger partial charge in [0.05, 0.1) is 12.7 Å². The SMILES string of the molecule is CO[C@@H]1[C@@H](O)[C@H](/C=C\c2ccc(Cl)cc2)OC[C@@H]1C. The van der Waals surface area contributed by atoms with E-state index in [1.807, 2.05) is 43.3 Å². The zero-order valence-corrected chi connectivity index (χ0v) is 11.9. The lowest BCUT2D eigenvalue weighted by Gasteiger charge is -2.36. The van der Waals surface area contributed by atoms with Gasteiger partial charge < -0.3 is 14.6 Å². The molecule has 0 saturated carbocycles. The van der Waals surface area contributed by atoms with Gasteiger partial charge in [0.15, 0.2) is 0 Å². The summed E-state index contributed by atoms with van der Waals surface area (Å²) in [5.41, 5.74) is 1.02. The van der Waals surface area contributed by atoms with E-state index in [9.17, 15) is 5.11 Å². The van der Waals surface area contributed by atoms with Gasteiger partial charge in [-0.3, -0.25) is 0 Å². The number of ether oxygens (including phenoxy) is 2. The largest absolute Gasteiger partial charge is 0.387 e. The monoisotopic (exact) mass is 282 g/mol. The highest BCUT2D eigenvalue weighted by atomic mass is 35.5. The first-order chi connectivity index (χ1) is 9.11. The van der Waals surface area contributed by atoms with Crippen LogP contribution in [0.15, 0.2) is 30.3 Å². The zero-order valence-electron chi connectivity index (χ0n) is 11.1. The Bertz CT molecular complexity index is 430. The van der Waals surface area contributed by atoms with Gasteiger partial charge in [-0.1, -0.05) is 42.8 Å². The normalized spacial score (nSPS) is 31.8. The van der Waals surface area contributed by atoms with Gasteiger partial charge in [-0.05, 0) is 17.7 Å². The van der Waals surface area contributed by atoms with Crippen molar-refractivity contribution in [3.8, 4) is 0 Å². The Hall–Kier alpha value is -0.870. The van der Waals surface area contributed by atoms with Crippen molar-refractivity contribution in [2.45, 2.75) is 25.2 Å². The molecule has 4 heteroatoms. The number of hydrogen-bond donors (Lipinski definition) is 1. The molecule has 4 atom stereocenters. The molecule has 0 aromatic heterocycles. The van der Waals surface area contributed by atoms with E-state index in [0.29, 0.717) is 11.6 Å². The van der Waals surface area contributed by atoms with Gasteiger partial charge in [0.2, 0.25) is 0 Å². The fraction of sp³-hybridized carbons (Fsp3) is 0.467. The molecule has 1 aromatic carbocycles. The summed E-state index contributed by atoms with van der Waals surface area (Å²) in [6, 6.07) is 7.51. The average Bonchev–Trinajstić information content (AvgIpc) is 2.40. The van der Waals surface area contributed by atoms with E-state index < -0.39 is 6.10 Å². The van der Waals surface area contributed by atoms with Crippen LogP contribution in [-0.4, -0.2) is 37.1 Å². The summed E-state index contributed by atoms with van der Waals surface area (Å²) in [7, 11) is 1.62. The second-order valence-electron chi connectivity index (χ2n) is 4.88. The Morgan fingerprint density at radius 2 is 2.05 bits per heavy atom. The molecule has 0 bridgehead atoms. The Kier molecular flexibility index (Phi) is 4.99. The first kappa shape index (κ1) is 14.5. The molecule has 0 unspecified atom stereocenters. The summed E-state index contributed by atoms with van der Waals surface area (Å²) in [6.45, 7) is 2.60. The van der Waals surface area contributed by atoms with Crippen LogP contribution < -0.4 is 0 Å². The molecule has 1 saturated heterocycles. The van der Waals surface area contributed by atoms with E-state index in [-0.39, 0.29) is 18.1 Å². The number of halogens is 1. The second-order valence-corrected chi connectivity index (χ2v) is 5.31. The van der Waals surface area contributed by atoms with E-state index in [2.05, 4.69) is 0 Å². The molecule has 1 N–H and O–H groups in total. The first-order valence-electron chi connectivity index (χ1n) is 6.38. The lowest BCUT2D eigenvalue weighted by molar-refractivity contribution is -0.154. The zero-order chi connectivity index (χ0) is 13.8. The van der Waals surface area contributed by atoms with Crippen LogP contribution in [0, 0.1) is 5.92 Å². The van der Waals surface area contributed by atoms with Crippen molar-refractivity contribution in [1.29, 1.82) is 0 Å². The number of benzene rings is 1. The molecule has 0 amide bonds. The van der Waals surface area contributed by atoms with E-state index in [1.165, 1.54) is 0 Å². The maximum absolute atomic E-state index is 10.2. The predicted molar refractivity (Wildman–Crippen MR) is 76.2 cm³/mol. The van der Waals surface area contributed by atoms with Gasteiger partial charge in [0.1, 0.15) is 12.2 Å². The maximum Gasteiger partial charge on any atom is 0.110 e. The summed E-state index contributed by atoms with van der Waals surface area (Å²) in [5.74, 6) is 0.195. The Morgan fingerprint density at radius 1 is 1.37 bits per heavy atom. The van der Waals surface area contributed by atoms with Crippen LogP contribution in [0.1, 0.15) is 12.5 Å². The number of rotatable bonds is 3. The molecular weight excluding hydrogens is 264 g/mol. The van der Waals surface area contributed by atoms with Gasteiger partial charge in [0.25, 0.3) is 0 Å². The van der Waals surface area contributed by atoms with Gasteiger partial charge in [0, 0.05) is 18.1 Å². The lowest BCUT2D eigenvalue weighted by Crippen LogP contribution is -2.49. The van der Waals surface area contributed by atoms with Gasteiger partial charge in [-0.15, -0.1) is 0 Å². The first-order valence-corrected chi connectivity index (χ1v) is 6.76. The molecule has 19 heavy (non-hydrogen) atoms. The minimum Gasteiger partial charge on any atom is -0.387 e. The third-order valence-electron chi connectivity index (χ3n) is 3.41. The van der Waals surface area contributed by atoms with Crippen molar-refractivity contribution in [3.63, 3.8) is 0 Å². The summed E-state index contributed by atoms with van der Waals surface area (Å²) in [4.78, 5) is 0. The number of hydrogen-bond acceptors (Lipinski definition) is 3. The molecule has 1 aliphatic rings. The molecule has 3 nitrogen and oxygen atoms in total. The quantitative estimate of drug-likeness (QED) is 0.926. The van der Waals surface area contributed by atoms with Crippen LogP contribution in [0.3, 0.4) is 0 Å². The third-order valence-corrected chi connectivity index (χ3v) is 3.66. The van der Waals surface area contributed by atoms with Crippen LogP contribution in [-0.2, 0) is 9.47 Å². The van der Waals surface area contributed by atoms with Crippen LogP contribution in [0.5, 0.6) is 0 Å². The van der Waals surface area contributed by atoms with E-state index in [1.54, 1.807) is 7.11 Å². The summed E-state index contributed by atoms with van der Waals surface area (Å²) in [6.07, 6.45) is 2.63. The van der Waals surface area contributed by atoms with Crippen molar-refractivity contribution < 1.29 is 14.6 Å². The number of methoxy groups -OCH3 is 1. The van der Waals surface area contributed by atoms with Crippen molar-refractivity contribution in [2.24, 2.45) is 5.92 Å². The molecule has 1 heterocycles. The Morgan fingerprint density at radius 3 is 2.68 bits per heavy atom. The highest BCUT2D eigenvalue weighted by molar-refractivity contribution is 6.30. The smallest absolute Gasteiger partial charge is 0.110 e. The fourth-order valence-electron chi connectivity index (χ4n) is 2.30. The molecule has 2 rings (SSSR count). The van der Waals surface area contributed by atoms with E-state index in [4.69, 9.17) is 21.1 Å². The molecule has 0 aliphatic carbocycles. The van der Waals surface area contributed by atoms with Crippen LogP contribution >= 0.6 is 11.6 Å². The molecule has 1 aromatic rings. The van der Waals surface area contributed by atoms with Crippen LogP contribution in [0.25, 0.3) is 6.08 Å². The van der Waals surface area contributed by atoms with Gasteiger partial charge in [-0.2, -0.15) is 0 Å². The highest BCUT2D eigenvalue weighted by Crippen LogP contribution is 2.23. The van der Waals surface area contributed by atoms with Crippen molar-refractivity contribution >= 4 is 17.7 Å². The van der Waals surface area contributed by atoms with Crippen molar-refractivity contribution in [1.82, 2.24) is 0 Å². The molecule has 1 aliphatic heterocycles. The second kappa shape index (κ2) is 6.53. The summed E-state index contributed by atoms with van der Waals surface area (Å²) >= 11 is 5.83. The minimum atomic E-state index is -0.641. The minimum absolute atomic E-state index is 0.186. The van der Waals surface area contributed by atoms with E-state index in [0.717, 1.165) is 5.56 Å². The Labute approximate surface area is 118 Å². The summed E-state index contributed by atoms with van der Waals surface area (Å²) in [5, 5.41) is 10.9. The predicted octanol–water partition coefficient (Wildman–Crippen LogP) is 2.76. The van der Waals surface area contributed by atoms with Gasteiger partial charge >= 0.3 is 0 Å². The molecule has 0 spiro atoms. The summed E-state index contributed by atoms with van der Waals surface area (Å²) < 4.78 is 11.0. The fourth-order valence-corrected chi connectivity index (χ4v) is 2.43. The molecule has 0 radical (unpaired) electrons. The number of aliphatic hydroxyl groups excluding tert-OH is 1. The molecular formula is C15H19ClO3. The molecule has 1 fully saturated rings. The van der Waals surface area contributed by atoms with Crippen molar-refractivity contribution in [3.05, 3.63) is 40.9 Å². The molecule has 104 valence electrons. The van der Waals surface area contributed by atoms with E-state index >= 15 is 0 Å². The number of aliphatic hydroxyl groups is 1. The van der Waals surface area contributed by atoms with Crippen LogP contribution in [0.2, 0.25) is 5.02 Å². The standard InChI is InChI=1S/C15H19ClO3/c1-10-9-19-13(14(17)15(10)18-2)8-5-11-3-6-12(16)7-4-11/h3-8,10,13-15,17H,9H2,1-2H3/b8-5-/t10-,13-,14-,15-/m0/s1. The average molecular weight is 283 g/mol. The highest BCUT2D eigenvalue weighted by Gasteiger charge is 2.36. The third kappa shape index (κ3) is 3.57.